The van der Waals surface area contributed by atoms with Crippen LogP contribution in [0.1, 0.15) is 34.8 Å². The minimum atomic E-state index is -0.482. The van der Waals surface area contributed by atoms with Crippen LogP contribution in [0.2, 0.25) is 0 Å². The van der Waals surface area contributed by atoms with Crippen molar-refractivity contribution < 1.29 is 18.7 Å². The Morgan fingerprint density at radius 2 is 1.89 bits per heavy atom. The van der Waals surface area contributed by atoms with E-state index < -0.39 is 6.09 Å². The SMILES string of the molecule is CNC(=O)c1csc(COC(=O)NCCC2CCN(c3ccc(-c4ccc(F)cc4)cn3)CC2)n1. The zero-order valence-corrected chi connectivity index (χ0v) is 20.3. The van der Waals surface area contributed by atoms with Crippen molar-refractivity contribution in [2.45, 2.75) is 25.9 Å². The normalized spacial score (nSPS) is 13.9. The number of ether oxygens (including phenoxy) is 1. The van der Waals surface area contributed by atoms with Crippen LogP contribution < -0.4 is 15.5 Å². The van der Waals surface area contributed by atoms with Crippen LogP contribution in [0.25, 0.3) is 11.1 Å². The predicted octanol–water partition coefficient (Wildman–Crippen LogP) is 4.24. The number of halogens is 1. The fraction of sp³-hybridized carbons (Fsp3) is 0.360. The molecule has 1 aliphatic heterocycles. The third-order valence-electron chi connectivity index (χ3n) is 6.02. The number of alkyl carbamates (subject to hydrolysis) is 1. The molecule has 0 unspecified atom stereocenters. The van der Waals surface area contributed by atoms with Crippen LogP contribution in [-0.4, -0.2) is 48.7 Å². The lowest BCUT2D eigenvalue weighted by atomic mass is 9.93. The number of nitrogens with zero attached hydrogens (tertiary/aromatic N) is 3. The molecule has 0 saturated carbocycles. The number of carbonyl (C=O) groups excluding carboxylic acids is 2. The highest BCUT2D eigenvalue weighted by Crippen LogP contribution is 2.26. The van der Waals surface area contributed by atoms with E-state index >= 15 is 0 Å². The van der Waals surface area contributed by atoms with Gasteiger partial charge in [0, 0.05) is 43.8 Å². The molecule has 8 nitrogen and oxygen atoms in total. The van der Waals surface area contributed by atoms with Crippen molar-refractivity contribution in [3.05, 3.63) is 64.5 Å². The van der Waals surface area contributed by atoms with Gasteiger partial charge < -0.3 is 20.3 Å². The number of hydrogen-bond acceptors (Lipinski definition) is 7. The average molecular weight is 498 g/mol. The molecule has 1 saturated heterocycles. The summed E-state index contributed by atoms with van der Waals surface area (Å²) in [7, 11) is 1.54. The second-order valence-electron chi connectivity index (χ2n) is 8.34. The molecule has 3 heterocycles. The van der Waals surface area contributed by atoms with Gasteiger partial charge in [-0.25, -0.2) is 19.2 Å². The van der Waals surface area contributed by atoms with E-state index in [1.165, 1.54) is 23.5 Å². The van der Waals surface area contributed by atoms with Gasteiger partial charge in [-0.15, -0.1) is 11.3 Å². The van der Waals surface area contributed by atoms with Gasteiger partial charge in [0.15, 0.2) is 0 Å². The summed E-state index contributed by atoms with van der Waals surface area (Å²) in [6, 6.07) is 10.4. The topological polar surface area (TPSA) is 96.4 Å². The predicted molar refractivity (Wildman–Crippen MR) is 133 cm³/mol. The summed E-state index contributed by atoms with van der Waals surface area (Å²) >= 11 is 1.28. The molecule has 0 aliphatic carbocycles. The first-order valence-corrected chi connectivity index (χ1v) is 12.4. The van der Waals surface area contributed by atoms with E-state index in [0.717, 1.165) is 49.3 Å². The maximum atomic E-state index is 13.1. The van der Waals surface area contributed by atoms with Crippen molar-refractivity contribution in [2.24, 2.45) is 5.92 Å². The van der Waals surface area contributed by atoms with Gasteiger partial charge in [-0.05, 0) is 55.0 Å². The number of amides is 2. The molecule has 2 amide bonds. The second-order valence-corrected chi connectivity index (χ2v) is 9.28. The highest BCUT2D eigenvalue weighted by Gasteiger charge is 2.20. The smallest absolute Gasteiger partial charge is 0.407 e. The first-order valence-electron chi connectivity index (χ1n) is 11.6. The fourth-order valence-corrected chi connectivity index (χ4v) is 4.69. The van der Waals surface area contributed by atoms with Crippen molar-refractivity contribution in [1.29, 1.82) is 0 Å². The number of benzene rings is 1. The summed E-state index contributed by atoms with van der Waals surface area (Å²) in [4.78, 5) is 34.5. The van der Waals surface area contributed by atoms with Crippen LogP contribution in [0.3, 0.4) is 0 Å². The zero-order valence-electron chi connectivity index (χ0n) is 19.5. The largest absolute Gasteiger partial charge is 0.442 e. The lowest BCUT2D eigenvalue weighted by molar-refractivity contribution is 0.0958. The number of aromatic nitrogens is 2. The monoisotopic (exact) mass is 497 g/mol. The standard InChI is InChI=1S/C25H28FN5O3S/c1-27-24(32)21-16-35-23(30-21)15-34-25(33)28-11-8-17-9-12-31(13-10-17)22-7-4-19(14-29-22)18-2-5-20(26)6-3-18/h2-7,14,16-17H,8-13,15H2,1H3,(H,27,32)(H,28,33). The molecule has 2 N–H and O–H groups in total. The molecule has 4 rings (SSSR count). The third-order valence-corrected chi connectivity index (χ3v) is 6.85. The zero-order chi connectivity index (χ0) is 24.6. The Kier molecular flexibility index (Phi) is 8.25. The van der Waals surface area contributed by atoms with Crippen molar-refractivity contribution in [2.75, 3.05) is 31.6 Å². The van der Waals surface area contributed by atoms with Gasteiger partial charge in [0.2, 0.25) is 0 Å². The van der Waals surface area contributed by atoms with E-state index in [2.05, 4.69) is 25.5 Å². The number of pyridine rings is 1. The Morgan fingerprint density at radius 1 is 1.14 bits per heavy atom. The molecule has 0 atom stereocenters. The van der Waals surface area contributed by atoms with Crippen molar-refractivity contribution in [3.8, 4) is 11.1 Å². The van der Waals surface area contributed by atoms with Crippen LogP contribution >= 0.6 is 11.3 Å². The van der Waals surface area contributed by atoms with Gasteiger partial charge in [0.05, 0.1) is 0 Å². The summed E-state index contributed by atoms with van der Waals surface area (Å²) in [5.74, 6) is 0.958. The van der Waals surface area contributed by atoms with Gasteiger partial charge in [0.25, 0.3) is 5.91 Å². The third kappa shape index (κ3) is 6.75. The Bertz CT molecular complexity index is 1130. The van der Waals surface area contributed by atoms with Gasteiger partial charge in [-0.3, -0.25) is 4.79 Å². The molecule has 1 fully saturated rings. The Balaban J connectivity index is 1.14. The van der Waals surface area contributed by atoms with Crippen molar-refractivity contribution in [3.63, 3.8) is 0 Å². The quantitative estimate of drug-likeness (QED) is 0.483. The van der Waals surface area contributed by atoms with Gasteiger partial charge in [-0.1, -0.05) is 12.1 Å². The molecular formula is C25H28FN5O3S. The maximum absolute atomic E-state index is 13.1. The Morgan fingerprint density at radius 3 is 2.57 bits per heavy atom. The Labute approximate surface area is 207 Å². The molecule has 35 heavy (non-hydrogen) atoms. The summed E-state index contributed by atoms with van der Waals surface area (Å²) in [6.07, 6.45) is 4.29. The van der Waals surface area contributed by atoms with E-state index in [1.54, 1.807) is 24.6 Å². The van der Waals surface area contributed by atoms with Gasteiger partial charge in [0.1, 0.15) is 28.9 Å². The van der Waals surface area contributed by atoms with E-state index in [0.29, 0.717) is 23.2 Å². The fourth-order valence-electron chi connectivity index (χ4n) is 4.00. The van der Waals surface area contributed by atoms with E-state index in [-0.39, 0.29) is 18.3 Å². The molecule has 0 radical (unpaired) electrons. The molecule has 2 aromatic heterocycles. The molecular weight excluding hydrogens is 469 g/mol. The molecule has 0 spiro atoms. The minimum Gasteiger partial charge on any atom is -0.442 e. The van der Waals surface area contributed by atoms with Crippen molar-refractivity contribution in [1.82, 2.24) is 20.6 Å². The first-order chi connectivity index (χ1) is 17.0. The minimum absolute atomic E-state index is 0.0405. The highest BCUT2D eigenvalue weighted by molar-refractivity contribution is 7.09. The Hall–Kier alpha value is -3.53. The van der Waals surface area contributed by atoms with E-state index in [9.17, 15) is 14.0 Å². The summed E-state index contributed by atoms with van der Waals surface area (Å²) in [5, 5.41) is 7.52. The molecule has 10 heteroatoms. The van der Waals surface area contributed by atoms with Crippen LogP contribution in [0.15, 0.2) is 48.0 Å². The molecule has 184 valence electrons. The number of piperidine rings is 1. The number of anilines is 1. The van der Waals surface area contributed by atoms with Crippen LogP contribution in [0, 0.1) is 11.7 Å². The second kappa shape index (κ2) is 11.7. The number of nitrogens with one attached hydrogen (secondary N) is 2. The summed E-state index contributed by atoms with van der Waals surface area (Å²) in [5.41, 5.74) is 2.22. The molecule has 1 aromatic carbocycles. The van der Waals surface area contributed by atoms with Gasteiger partial charge >= 0.3 is 6.09 Å². The lowest BCUT2D eigenvalue weighted by Crippen LogP contribution is -2.35. The molecule has 0 bridgehead atoms. The number of carbonyl (C=O) groups is 2. The van der Waals surface area contributed by atoms with Crippen LogP contribution in [-0.2, 0) is 11.3 Å². The maximum Gasteiger partial charge on any atom is 0.407 e. The van der Waals surface area contributed by atoms with E-state index in [1.807, 2.05) is 18.3 Å². The van der Waals surface area contributed by atoms with Crippen LogP contribution in [0.5, 0.6) is 0 Å². The molecule has 3 aromatic rings. The molecule has 1 aliphatic rings. The van der Waals surface area contributed by atoms with E-state index in [4.69, 9.17) is 4.74 Å². The van der Waals surface area contributed by atoms with Crippen molar-refractivity contribution >= 4 is 29.2 Å². The summed E-state index contributed by atoms with van der Waals surface area (Å²) in [6.45, 7) is 2.42. The number of thiazole rings is 1. The van der Waals surface area contributed by atoms with Crippen LogP contribution in [0.4, 0.5) is 15.0 Å². The highest BCUT2D eigenvalue weighted by atomic mass is 32.1. The number of hydrogen-bond donors (Lipinski definition) is 2. The average Bonchev–Trinajstić information content (AvgIpc) is 3.37. The van der Waals surface area contributed by atoms with Gasteiger partial charge in [-0.2, -0.15) is 0 Å². The summed E-state index contributed by atoms with van der Waals surface area (Å²) < 4.78 is 18.3. The first kappa shape index (κ1) is 24.6. The number of rotatable bonds is 8. The lowest BCUT2D eigenvalue weighted by Gasteiger charge is -2.32.